The molecule has 5 aromatic rings. The molecule has 0 unspecified atom stereocenters. The Morgan fingerprint density at radius 1 is 0.979 bits per heavy atom. The number of carbonyl (C=O) groups is 1. The van der Waals surface area contributed by atoms with Crippen molar-refractivity contribution in [3.8, 4) is 16.9 Å². The van der Waals surface area contributed by atoms with Crippen molar-refractivity contribution < 1.29 is 23.4 Å². The fraction of sp³-hybridized carbons (Fsp3) is 0.297. The average Bonchev–Trinajstić information content (AvgIpc) is 3.48. The number of halogens is 2. The predicted molar refractivity (Wildman–Crippen MR) is 184 cm³/mol. The second kappa shape index (κ2) is 13.6. The van der Waals surface area contributed by atoms with E-state index in [0.717, 1.165) is 56.0 Å². The second-order valence-electron chi connectivity index (χ2n) is 12.6. The summed E-state index contributed by atoms with van der Waals surface area (Å²) in [5.41, 5.74) is 4.98. The predicted octanol–water partition coefficient (Wildman–Crippen LogP) is 6.40. The van der Waals surface area contributed by atoms with Gasteiger partial charge in [-0.2, -0.15) is 5.10 Å². The van der Waals surface area contributed by atoms with E-state index in [1.165, 1.54) is 18.2 Å². The molecule has 2 aliphatic heterocycles. The van der Waals surface area contributed by atoms with Crippen molar-refractivity contribution in [1.82, 2.24) is 15.1 Å². The zero-order valence-electron chi connectivity index (χ0n) is 26.7. The number of aromatic hydroxyl groups is 1. The Morgan fingerprint density at radius 2 is 1.71 bits per heavy atom. The van der Waals surface area contributed by atoms with E-state index < -0.39 is 11.6 Å². The summed E-state index contributed by atoms with van der Waals surface area (Å²) in [7, 11) is 2.12. The van der Waals surface area contributed by atoms with Gasteiger partial charge in [0.25, 0.3) is 5.91 Å². The van der Waals surface area contributed by atoms with Crippen LogP contribution in [0.25, 0.3) is 22.0 Å². The Hall–Kier alpha value is -5.00. The highest BCUT2D eigenvalue weighted by Gasteiger charge is 2.23. The van der Waals surface area contributed by atoms with Gasteiger partial charge in [-0.15, -0.1) is 0 Å². The van der Waals surface area contributed by atoms with E-state index in [1.807, 2.05) is 18.2 Å². The van der Waals surface area contributed by atoms with Crippen molar-refractivity contribution in [2.45, 2.75) is 25.3 Å². The molecular weight excluding hydrogens is 614 g/mol. The molecule has 7 rings (SSSR count). The zero-order valence-corrected chi connectivity index (χ0v) is 26.7. The number of nitrogens with one attached hydrogen (secondary N) is 3. The van der Waals surface area contributed by atoms with Gasteiger partial charge in [0.05, 0.1) is 11.1 Å². The third-order valence-corrected chi connectivity index (χ3v) is 9.32. The summed E-state index contributed by atoms with van der Waals surface area (Å²) in [5.74, 6) is -1.20. The van der Waals surface area contributed by atoms with Crippen LogP contribution < -0.4 is 15.5 Å². The smallest absolute Gasteiger partial charge is 0.258 e. The number of carbonyl (C=O) groups excluding carboxylic acids is 1. The molecule has 11 heteroatoms. The highest BCUT2D eigenvalue weighted by molar-refractivity contribution is 6.11. The van der Waals surface area contributed by atoms with Crippen molar-refractivity contribution in [3.05, 3.63) is 101 Å². The fourth-order valence-electron chi connectivity index (χ4n) is 6.50. The standard InChI is InChI=1S/C37H38F2N6O3/c1-44-13-15-45(16-14-44)26-7-10-28(34(21-26)40-25-11-17-48-18-12-25)37(47)41-36-31-20-24(19-30-32(38)3-2-4-33(30)39)29(22-35(31)42-43-36)23-5-8-27(46)9-6-23/h2-10,20-22,25,40,46H,11-19H2,1H3,(H2,41,42,43,47). The van der Waals surface area contributed by atoms with E-state index in [2.05, 4.69) is 43.7 Å². The number of hydrogen-bond donors (Lipinski definition) is 4. The third-order valence-electron chi connectivity index (χ3n) is 9.32. The molecule has 0 aliphatic carbocycles. The minimum Gasteiger partial charge on any atom is -0.508 e. The van der Waals surface area contributed by atoms with Gasteiger partial charge in [-0.3, -0.25) is 9.89 Å². The van der Waals surface area contributed by atoms with Crippen LogP contribution in [0.3, 0.4) is 0 Å². The number of phenolic OH excluding ortho intramolecular Hbond substituents is 1. The molecule has 0 radical (unpaired) electrons. The minimum atomic E-state index is -0.642. The van der Waals surface area contributed by atoms with Crippen LogP contribution in [0, 0.1) is 11.6 Å². The number of ether oxygens (including phenoxy) is 1. The summed E-state index contributed by atoms with van der Waals surface area (Å²) in [4.78, 5) is 18.6. The molecular formula is C37H38F2N6O3. The van der Waals surface area contributed by atoms with Crippen LogP contribution in [0.15, 0.2) is 72.8 Å². The molecule has 0 spiro atoms. The Morgan fingerprint density at radius 3 is 2.44 bits per heavy atom. The van der Waals surface area contributed by atoms with Crippen molar-refractivity contribution in [1.29, 1.82) is 0 Å². The van der Waals surface area contributed by atoms with E-state index in [1.54, 1.807) is 30.3 Å². The lowest BCUT2D eigenvalue weighted by Gasteiger charge is -2.34. The number of likely N-dealkylation sites (N-methyl/N-ethyl adjacent to an activating group) is 1. The van der Waals surface area contributed by atoms with E-state index in [-0.39, 0.29) is 29.7 Å². The van der Waals surface area contributed by atoms with Crippen LogP contribution in [-0.2, 0) is 11.2 Å². The van der Waals surface area contributed by atoms with E-state index >= 15 is 0 Å². The Labute approximate surface area is 277 Å². The van der Waals surface area contributed by atoms with Gasteiger partial charge in [-0.25, -0.2) is 8.78 Å². The first kappa shape index (κ1) is 31.6. The number of hydrogen-bond acceptors (Lipinski definition) is 7. The first-order chi connectivity index (χ1) is 23.3. The Balaban J connectivity index is 1.23. The van der Waals surface area contributed by atoms with E-state index in [9.17, 15) is 18.7 Å². The first-order valence-electron chi connectivity index (χ1n) is 16.3. The SMILES string of the molecule is CN1CCN(c2ccc(C(=O)Nc3n[nH]c4cc(-c5ccc(O)cc5)c(Cc5c(F)cccc5F)cc34)c(NC3CCOCC3)c2)CC1. The van der Waals surface area contributed by atoms with Crippen molar-refractivity contribution >= 4 is 34.0 Å². The number of anilines is 3. The van der Waals surface area contributed by atoms with Gasteiger partial charge in [0, 0.05) is 74.2 Å². The molecule has 2 fully saturated rings. The van der Waals surface area contributed by atoms with E-state index in [0.29, 0.717) is 46.6 Å². The molecule has 0 atom stereocenters. The largest absolute Gasteiger partial charge is 0.508 e. The maximum atomic E-state index is 14.8. The molecule has 2 aliphatic rings. The molecule has 3 heterocycles. The molecule has 0 saturated carbocycles. The monoisotopic (exact) mass is 652 g/mol. The molecule has 0 bridgehead atoms. The number of nitrogens with zero attached hydrogens (tertiary/aromatic N) is 3. The number of aromatic nitrogens is 2. The molecule has 2 saturated heterocycles. The minimum absolute atomic E-state index is 0.0316. The van der Waals surface area contributed by atoms with Crippen LogP contribution in [0.5, 0.6) is 5.75 Å². The molecule has 4 N–H and O–H groups in total. The number of fused-ring (bicyclic) bond motifs is 1. The molecule has 248 valence electrons. The van der Waals surface area contributed by atoms with Crippen LogP contribution in [0.2, 0.25) is 0 Å². The lowest BCUT2D eigenvalue weighted by Crippen LogP contribution is -2.44. The average molecular weight is 653 g/mol. The summed E-state index contributed by atoms with van der Waals surface area (Å²) >= 11 is 0. The number of rotatable bonds is 8. The van der Waals surface area contributed by atoms with Gasteiger partial charge in [0.15, 0.2) is 5.82 Å². The fourth-order valence-corrected chi connectivity index (χ4v) is 6.50. The number of aromatic amines is 1. The van der Waals surface area contributed by atoms with Crippen molar-refractivity contribution in [3.63, 3.8) is 0 Å². The third kappa shape index (κ3) is 6.69. The lowest BCUT2D eigenvalue weighted by atomic mass is 9.93. The van der Waals surface area contributed by atoms with Crippen molar-refractivity contribution in [2.24, 2.45) is 0 Å². The summed E-state index contributed by atoms with van der Waals surface area (Å²) in [6.07, 6.45) is 1.66. The Kier molecular flexibility index (Phi) is 8.96. The number of H-pyrrole nitrogens is 1. The maximum absolute atomic E-state index is 14.8. The van der Waals surface area contributed by atoms with Crippen LogP contribution in [0.1, 0.15) is 34.3 Å². The maximum Gasteiger partial charge on any atom is 0.258 e. The lowest BCUT2D eigenvalue weighted by molar-refractivity contribution is 0.0904. The number of phenols is 1. The van der Waals surface area contributed by atoms with Crippen LogP contribution >= 0.6 is 0 Å². The summed E-state index contributed by atoms with van der Waals surface area (Å²) in [6.45, 7) is 5.09. The zero-order chi connectivity index (χ0) is 33.2. The topological polar surface area (TPSA) is 106 Å². The van der Waals surface area contributed by atoms with Gasteiger partial charge in [0.1, 0.15) is 17.4 Å². The normalized spacial score (nSPS) is 15.9. The van der Waals surface area contributed by atoms with Crippen molar-refractivity contribution in [2.75, 3.05) is 62.0 Å². The van der Waals surface area contributed by atoms with Gasteiger partial charge in [-0.05, 0) is 91.2 Å². The molecule has 9 nitrogen and oxygen atoms in total. The number of amides is 1. The molecule has 1 amide bonds. The van der Waals surface area contributed by atoms with Crippen LogP contribution in [-0.4, -0.2) is 78.6 Å². The highest BCUT2D eigenvalue weighted by atomic mass is 19.1. The van der Waals surface area contributed by atoms with Crippen LogP contribution in [0.4, 0.5) is 26.0 Å². The van der Waals surface area contributed by atoms with Gasteiger partial charge in [-0.1, -0.05) is 18.2 Å². The first-order valence-corrected chi connectivity index (χ1v) is 16.3. The molecule has 1 aromatic heterocycles. The second-order valence-corrected chi connectivity index (χ2v) is 12.6. The number of piperazine rings is 1. The summed E-state index contributed by atoms with van der Waals surface area (Å²) in [6, 6.07) is 20.2. The summed E-state index contributed by atoms with van der Waals surface area (Å²) in [5, 5.41) is 24.5. The number of benzene rings is 4. The molecule has 48 heavy (non-hydrogen) atoms. The Bertz CT molecular complexity index is 1910. The van der Waals surface area contributed by atoms with Gasteiger partial charge in [0.2, 0.25) is 0 Å². The van der Waals surface area contributed by atoms with Gasteiger partial charge < -0.3 is 30.3 Å². The molecule has 4 aromatic carbocycles. The quantitative estimate of drug-likeness (QED) is 0.154. The summed E-state index contributed by atoms with van der Waals surface area (Å²) < 4.78 is 35.2. The van der Waals surface area contributed by atoms with E-state index in [4.69, 9.17) is 4.74 Å². The van der Waals surface area contributed by atoms with Gasteiger partial charge >= 0.3 is 0 Å². The highest BCUT2D eigenvalue weighted by Crippen LogP contribution is 2.35.